The quantitative estimate of drug-likeness (QED) is 0.383. The molecular weight excluding hydrogens is 435 g/mol. The first-order valence-electron chi connectivity index (χ1n) is 15.2. The highest BCUT2D eigenvalue weighted by atomic mass is 19.1. The predicted octanol–water partition coefficient (Wildman–Crippen LogP) is 8.16. The van der Waals surface area contributed by atoms with E-state index in [1.54, 1.807) is 12.5 Å². The number of halogens is 1. The maximum Gasteiger partial charge on any atom is 0.108 e. The minimum Gasteiger partial charge on any atom is -0.390 e. The summed E-state index contributed by atoms with van der Waals surface area (Å²) >= 11 is 0. The summed E-state index contributed by atoms with van der Waals surface area (Å²) in [6.07, 6.45) is 17.3. The minimum absolute atomic E-state index is 0.296. The molecule has 4 fully saturated rings. The molecule has 0 radical (unpaired) electrons. The van der Waals surface area contributed by atoms with E-state index in [9.17, 15) is 14.6 Å². The van der Waals surface area contributed by atoms with E-state index in [0.717, 1.165) is 62.2 Å². The Morgan fingerprint density at radius 1 is 0.914 bits per heavy atom. The van der Waals surface area contributed by atoms with Gasteiger partial charge in [-0.3, -0.25) is 0 Å². The van der Waals surface area contributed by atoms with Gasteiger partial charge in [-0.05, 0) is 144 Å². The summed E-state index contributed by atoms with van der Waals surface area (Å²) in [6, 6.07) is 0. The number of allylic oxidation sites excluding steroid dienone is 1. The molecule has 0 heterocycles. The predicted molar refractivity (Wildman–Crippen MR) is 142 cm³/mol. The van der Waals surface area contributed by atoms with Crippen LogP contribution in [-0.4, -0.2) is 27.1 Å². The van der Waals surface area contributed by atoms with Gasteiger partial charge in [-0.2, -0.15) is 0 Å². The molecule has 0 aromatic carbocycles. The third-order valence-electron chi connectivity index (χ3n) is 13.0. The monoisotopic (exact) mass is 488 g/mol. The van der Waals surface area contributed by atoms with Crippen molar-refractivity contribution in [2.45, 2.75) is 148 Å². The summed E-state index contributed by atoms with van der Waals surface area (Å²) in [5.74, 6) is 3.79. The van der Waals surface area contributed by atoms with Gasteiger partial charge >= 0.3 is 0 Å². The van der Waals surface area contributed by atoms with E-state index in [2.05, 4.69) is 33.8 Å². The van der Waals surface area contributed by atoms with Crippen LogP contribution in [0.15, 0.2) is 11.6 Å². The molecule has 5 rings (SSSR count). The Morgan fingerprint density at radius 3 is 2.29 bits per heavy atom. The van der Waals surface area contributed by atoms with Crippen LogP contribution >= 0.6 is 0 Å². The van der Waals surface area contributed by atoms with Crippen molar-refractivity contribution in [3.63, 3.8) is 0 Å². The van der Waals surface area contributed by atoms with Crippen LogP contribution < -0.4 is 0 Å². The zero-order valence-corrected chi connectivity index (χ0v) is 23.3. The highest BCUT2D eigenvalue weighted by Crippen LogP contribution is 2.68. The van der Waals surface area contributed by atoms with Crippen LogP contribution in [0.2, 0.25) is 0 Å². The summed E-state index contributed by atoms with van der Waals surface area (Å²) in [6.45, 7) is 11.4. The first-order chi connectivity index (χ1) is 16.3. The fourth-order valence-electron chi connectivity index (χ4n) is 10.2. The zero-order chi connectivity index (χ0) is 25.3. The number of alkyl halides is 1. The average Bonchev–Trinajstić information content (AvgIpc) is 3.18. The molecule has 3 heteroatoms. The lowest BCUT2D eigenvalue weighted by Gasteiger charge is -2.59. The second kappa shape index (κ2) is 8.82. The SMILES string of the molecule is CC[C@]1(O)CC[C@@]2(C)C(=CC[C@H]3[C@@H]4CC[C@H]([C@H](C)CCC5(O)CCC(C)(F)CC5)[C@@]4(C)CC[C@@H]32)C1. The third-order valence-corrected chi connectivity index (χ3v) is 13.0. The van der Waals surface area contributed by atoms with Gasteiger partial charge in [0.2, 0.25) is 0 Å². The third kappa shape index (κ3) is 4.47. The van der Waals surface area contributed by atoms with E-state index < -0.39 is 16.9 Å². The summed E-state index contributed by atoms with van der Waals surface area (Å²) in [7, 11) is 0. The average molecular weight is 489 g/mol. The lowest BCUT2D eigenvalue weighted by molar-refractivity contribution is -0.0783. The van der Waals surface area contributed by atoms with Crippen LogP contribution in [0.4, 0.5) is 4.39 Å². The maximum absolute atomic E-state index is 14.3. The van der Waals surface area contributed by atoms with E-state index in [1.807, 2.05) is 0 Å². The molecule has 200 valence electrons. The van der Waals surface area contributed by atoms with Crippen LogP contribution in [0.1, 0.15) is 131 Å². The molecule has 0 saturated heterocycles. The molecule has 0 aromatic rings. The number of fused-ring (bicyclic) bond motifs is 5. The molecular formula is C32H53FO2. The first-order valence-corrected chi connectivity index (χ1v) is 15.2. The molecule has 0 bridgehead atoms. The Bertz CT molecular complexity index is 823. The van der Waals surface area contributed by atoms with Crippen LogP contribution in [0.5, 0.6) is 0 Å². The van der Waals surface area contributed by atoms with Crippen molar-refractivity contribution in [2.75, 3.05) is 0 Å². The molecule has 0 spiro atoms. The van der Waals surface area contributed by atoms with Crippen molar-refractivity contribution in [1.82, 2.24) is 0 Å². The second-order valence-corrected chi connectivity index (χ2v) is 14.9. The van der Waals surface area contributed by atoms with Gasteiger partial charge in [0.15, 0.2) is 0 Å². The number of aliphatic hydroxyl groups is 2. The fraction of sp³-hybridized carbons (Fsp3) is 0.938. The highest BCUT2D eigenvalue weighted by molar-refractivity contribution is 5.27. The Hall–Kier alpha value is -0.410. The van der Waals surface area contributed by atoms with Crippen molar-refractivity contribution in [1.29, 1.82) is 0 Å². The molecule has 4 saturated carbocycles. The Kier molecular flexibility index (Phi) is 6.61. The van der Waals surface area contributed by atoms with E-state index in [1.165, 1.54) is 32.1 Å². The van der Waals surface area contributed by atoms with Crippen LogP contribution in [0.3, 0.4) is 0 Å². The summed E-state index contributed by atoms with van der Waals surface area (Å²) in [4.78, 5) is 0. The van der Waals surface area contributed by atoms with Crippen LogP contribution in [-0.2, 0) is 0 Å². The molecule has 2 nitrogen and oxygen atoms in total. The Balaban J connectivity index is 1.26. The normalized spacial score (nSPS) is 52.7. The smallest absolute Gasteiger partial charge is 0.108 e. The van der Waals surface area contributed by atoms with Crippen LogP contribution in [0, 0.1) is 40.4 Å². The Morgan fingerprint density at radius 2 is 1.60 bits per heavy atom. The second-order valence-electron chi connectivity index (χ2n) is 14.9. The molecule has 5 aliphatic carbocycles. The van der Waals surface area contributed by atoms with Crippen molar-refractivity contribution in [2.24, 2.45) is 40.4 Å². The van der Waals surface area contributed by atoms with E-state index >= 15 is 0 Å². The summed E-state index contributed by atoms with van der Waals surface area (Å²) in [5, 5.41) is 22.2. The van der Waals surface area contributed by atoms with Gasteiger partial charge in [0, 0.05) is 0 Å². The largest absolute Gasteiger partial charge is 0.390 e. The molecule has 0 aliphatic heterocycles. The van der Waals surface area contributed by atoms with E-state index in [4.69, 9.17) is 0 Å². The first kappa shape index (κ1) is 26.2. The fourth-order valence-corrected chi connectivity index (χ4v) is 10.2. The van der Waals surface area contributed by atoms with Crippen molar-refractivity contribution in [3.05, 3.63) is 11.6 Å². The summed E-state index contributed by atoms with van der Waals surface area (Å²) < 4.78 is 14.3. The van der Waals surface area contributed by atoms with Crippen molar-refractivity contribution < 1.29 is 14.6 Å². The topological polar surface area (TPSA) is 40.5 Å². The van der Waals surface area contributed by atoms with Gasteiger partial charge < -0.3 is 10.2 Å². The lowest BCUT2D eigenvalue weighted by Crippen LogP contribution is -2.52. The van der Waals surface area contributed by atoms with Gasteiger partial charge in [0.25, 0.3) is 0 Å². The maximum atomic E-state index is 14.3. The minimum atomic E-state index is -1.08. The molecule has 0 amide bonds. The highest BCUT2D eigenvalue weighted by Gasteiger charge is 2.60. The van der Waals surface area contributed by atoms with Crippen molar-refractivity contribution >= 4 is 0 Å². The van der Waals surface area contributed by atoms with Gasteiger partial charge in [-0.1, -0.05) is 39.3 Å². The van der Waals surface area contributed by atoms with Crippen molar-refractivity contribution in [3.8, 4) is 0 Å². The molecule has 0 unspecified atom stereocenters. The lowest BCUT2D eigenvalue weighted by atomic mass is 9.46. The van der Waals surface area contributed by atoms with Gasteiger partial charge in [0.05, 0.1) is 11.2 Å². The molecule has 35 heavy (non-hydrogen) atoms. The van der Waals surface area contributed by atoms with Gasteiger partial charge in [0.1, 0.15) is 5.67 Å². The Labute approximate surface area is 214 Å². The van der Waals surface area contributed by atoms with Crippen LogP contribution in [0.25, 0.3) is 0 Å². The zero-order valence-electron chi connectivity index (χ0n) is 23.3. The number of hydrogen-bond donors (Lipinski definition) is 2. The van der Waals surface area contributed by atoms with Gasteiger partial charge in [-0.15, -0.1) is 0 Å². The molecule has 8 atom stereocenters. The number of hydrogen-bond acceptors (Lipinski definition) is 2. The summed E-state index contributed by atoms with van der Waals surface area (Å²) in [5.41, 5.74) is 0.0997. The van der Waals surface area contributed by atoms with E-state index in [0.29, 0.717) is 42.4 Å². The molecule has 5 aliphatic rings. The number of rotatable bonds is 5. The van der Waals surface area contributed by atoms with Gasteiger partial charge in [-0.25, -0.2) is 4.39 Å². The molecule has 2 N–H and O–H groups in total. The van der Waals surface area contributed by atoms with E-state index in [-0.39, 0.29) is 0 Å². The molecule has 0 aromatic heterocycles. The standard InChI is InChI=1S/C32H53FO2/c1-6-31(34)20-17-29(4)23(21-31)7-8-24-26-10-9-25(30(26,5)13-12-27(24)29)22(2)11-14-32(35)18-15-28(3,33)16-19-32/h7,22,24-27,34-35H,6,8-21H2,1-5H3/t22-,24+,25-,26+,27+,28?,29+,30-,31+,32?/m1/s1.